The van der Waals surface area contributed by atoms with Gasteiger partial charge in [0, 0.05) is 6.04 Å². The van der Waals surface area contributed by atoms with Crippen molar-refractivity contribution in [2.45, 2.75) is 31.6 Å². The van der Waals surface area contributed by atoms with Gasteiger partial charge in [-0.1, -0.05) is 12.1 Å². The van der Waals surface area contributed by atoms with E-state index in [1.54, 1.807) is 6.92 Å². The molecule has 1 aliphatic rings. The lowest BCUT2D eigenvalue weighted by Crippen LogP contribution is -2.43. The third-order valence-electron chi connectivity index (χ3n) is 3.63. The van der Waals surface area contributed by atoms with E-state index in [1.165, 1.54) is 12.1 Å². The van der Waals surface area contributed by atoms with E-state index in [0.29, 0.717) is 12.0 Å². The number of carbonyl (C=O) groups excluding carboxylic acids is 1. The number of urea groups is 1. The Morgan fingerprint density at radius 3 is 2.61 bits per heavy atom. The second-order valence-electron chi connectivity index (χ2n) is 5.56. The Labute approximate surface area is 132 Å². The van der Waals surface area contributed by atoms with Crippen LogP contribution in [0.25, 0.3) is 0 Å². The van der Waals surface area contributed by atoms with Crippen molar-refractivity contribution in [2.24, 2.45) is 0 Å². The highest BCUT2D eigenvalue weighted by Crippen LogP contribution is 2.30. The molecule has 2 N–H and O–H groups in total. The van der Waals surface area contributed by atoms with Crippen molar-refractivity contribution in [1.29, 1.82) is 0 Å². The van der Waals surface area contributed by atoms with Crippen molar-refractivity contribution in [1.82, 2.24) is 10.6 Å². The van der Waals surface area contributed by atoms with Crippen LogP contribution >= 0.6 is 0 Å². The Balaban J connectivity index is 1.96. The molecule has 2 amide bonds. The minimum atomic E-state index is -4.45. The highest BCUT2D eigenvalue weighted by Gasteiger charge is 2.31. The zero-order valence-electron chi connectivity index (χ0n) is 12.4. The van der Waals surface area contributed by atoms with Gasteiger partial charge in [0.05, 0.1) is 23.1 Å². The fourth-order valence-corrected chi connectivity index (χ4v) is 4.07. The van der Waals surface area contributed by atoms with Crippen LogP contribution in [0.5, 0.6) is 0 Å². The van der Waals surface area contributed by atoms with Crippen LogP contribution in [0.3, 0.4) is 0 Å². The average molecular weight is 350 g/mol. The number of benzene rings is 1. The Hall–Kier alpha value is -1.77. The molecule has 128 valence electrons. The van der Waals surface area contributed by atoms with Gasteiger partial charge in [-0.15, -0.1) is 0 Å². The highest BCUT2D eigenvalue weighted by molar-refractivity contribution is 7.91. The van der Waals surface area contributed by atoms with Crippen LogP contribution in [-0.4, -0.2) is 32.0 Å². The molecule has 1 aromatic rings. The summed E-state index contributed by atoms with van der Waals surface area (Å²) in [5.74, 6) is -0.0838. The lowest BCUT2D eigenvalue weighted by Gasteiger charge is -2.18. The van der Waals surface area contributed by atoms with Crippen molar-refractivity contribution in [2.75, 3.05) is 11.5 Å². The van der Waals surface area contributed by atoms with Gasteiger partial charge < -0.3 is 10.6 Å². The van der Waals surface area contributed by atoms with Gasteiger partial charge >= 0.3 is 12.2 Å². The standard InChI is InChI=1S/C14H17F3N2O3S/c1-9(10-3-2-4-11(7-10)14(15,16)17)18-13(20)19-12-5-6-23(21,22)8-12/h2-4,7,9,12H,5-6,8H2,1H3,(H2,18,19,20). The molecule has 5 nitrogen and oxygen atoms in total. The Morgan fingerprint density at radius 2 is 2.04 bits per heavy atom. The number of halogens is 3. The smallest absolute Gasteiger partial charge is 0.334 e. The number of amides is 2. The first-order valence-corrected chi connectivity index (χ1v) is 8.83. The average Bonchev–Trinajstić information content (AvgIpc) is 2.76. The lowest BCUT2D eigenvalue weighted by molar-refractivity contribution is -0.137. The van der Waals surface area contributed by atoms with E-state index in [0.717, 1.165) is 12.1 Å². The van der Waals surface area contributed by atoms with E-state index in [1.807, 2.05) is 0 Å². The minimum absolute atomic E-state index is 0.0289. The van der Waals surface area contributed by atoms with Gasteiger partial charge in [0.15, 0.2) is 9.84 Å². The summed E-state index contributed by atoms with van der Waals surface area (Å²) < 4.78 is 60.7. The number of hydrogen-bond acceptors (Lipinski definition) is 3. The topological polar surface area (TPSA) is 75.3 Å². The summed E-state index contributed by atoms with van der Waals surface area (Å²) in [4.78, 5) is 11.8. The van der Waals surface area contributed by atoms with Gasteiger partial charge in [0.1, 0.15) is 0 Å². The second-order valence-corrected chi connectivity index (χ2v) is 7.79. The first kappa shape index (κ1) is 17.6. The molecule has 0 bridgehead atoms. The zero-order chi connectivity index (χ0) is 17.3. The molecule has 0 aliphatic carbocycles. The maximum absolute atomic E-state index is 12.7. The van der Waals surface area contributed by atoms with Gasteiger partial charge in [0.2, 0.25) is 0 Å². The second kappa shape index (κ2) is 6.38. The third-order valence-corrected chi connectivity index (χ3v) is 5.40. The van der Waals surface area contributed by atoms with Gasteiger partial charge in [-0.05, 0) is 31.0 Å². The van der Waals surface area contributed by atoms with E-state index < -0.39 is 39.7 Å². The van der Waals surface area contributed by atoms with Crippen LogP contribution in [0, 0.1) is 0 Å². The largest absolute Gasteiger partial charge is 0.416 e. The number of sulfone groups is 1. The molecule has 0 spiro atoms. The zero-order valence-corrected chi connectivity index (χ0v) is 13.2. The molecule has 0 saturated carbocycles. The number of nitrogens with one attached hydrogen (secondary N) is 2. The van der Waals surface area contributed by atoms with Crippen molar-refractivity contribution < 1.29 is 26.4 Å². The SMILES string of the molecule is CC(NC(=O)NC1CCS(=O)(=O)C1)c1cccc(C(F)(F)F)c1. The van der Waals surface area contributed by atoms with Crippen LogP contribution in [0.1, 0.15) is 30.5 Å². The molecule has 1 heterocycles. The molecule has 23 heavy (non-hydrogen) atoms. The van der Waals surface area contributed by atoms with E-state index in [4.69, 9.17) is 0 Å². The summed E-state index contributed by atoms with van der Waals surface area (Å²) in [5, 5.41) is 5.05. The molecular weight excluding hydrogens is 333 g/mol. The Bertz CT molecular complexity index is 689. The maximum atomic E-state index is 12.7. The van der Waals surface area contributed by atoms with Gasteiger partial charge in [-0.3, -0.25) is 0 Å². The Kier molecular flexibility index (Phi) is 4.88. The van der Waals surface area contributed by atoms with E-state index >= 15 is 0 Å². The summed E-state index contributed by atoms with van der Waals surface area (Å²) in [6.07, 6.45) is -4.11. The summed E-state index contributed by atoms with van der Waals surface area (Å²) in [7, 11) is -3.11. The van der Waals surface area contributed by atoms with Crippen molar-refractivity contribution in [3.05, 3.63) is 35.4 Å². The molecule has 1 saturated heterocycles. The molecule has 2 unspecified atom stereocenters. The molecule has 2 atom stereocenters. The number of alkyl halides is 3. The van der Waals surface area contributed by atoms with Gasteiger partial charge in [-0.25, -0.2) is 13.2 Å². The van der Waals surface area contributed by atoms with Crippen LogP contribution in [0.15, 0.2) is 24.3 Å². The van der Waals surface area contributed by atoms with E-state index in [9.17, 15) is 26.4 Å². The van der Waals surface area contributed by atoms with E-state index in [-0.39, 0.29) is 11.5 Å². The van der Waals surface area contributed by atoms with Crippen LogP contribution in [0.4, 0.5) is 18.0 Å². The van der Waals surface area contributed by atoms with Gasteiger partial charge in [0.25, 0.3) is 0 Å². The predicted octanol–water partition coefficient (Wildman–Crippen LogP) is 2.25. The highest BCUT2D eigenvalue weighted by atomic mass is 32.2. The molecule has 0 radical (unpaired) electrons. The molecule has 0 aromatic heterocycles. The number of carbonyl (C=O) groups is 1. The predicted molar refractivity (Wildman–Crippen MR) is 78.6 cm³/mol. The fourth-order valence-electron chi connectivity index (χ4n) is 2.40. The quantitative estimate of drug-likeness (QED) is 0.878. The van der Waals surface area contributed by atoms with Crippen LogP contribution in [-0.2, 0) is 16.0 Å². The number of rotatable bonds is 3. The van der Waals surface area contributed by atoms with E-state index in [2.05, 4.69) is 10.6 Å². The summed E-state index contributed by atoms with van der Waals surface area (Å²) in [6, 6.07) is 2.99. The van der Waals surface area contributed by atoms with Crippen LogP contribution in [0.2, 0.25) is 0 Å². The minimum Gasteiger partial charge on any atom is -0.334 e. The summed E-state index contributed by atoms with van der Waals surface area (Å²) in [5.41, 5.74) is -0.472. The Morgan fingerprint density at radius 1 is 1.35 bits per heavy atom. The first-order valence-electron chi connectivity index (χ1n) is 7.01. The summed E-state index contributed by atoms with van der Waals surface area (Å²) >= 11 is 0. The fraction of sp³-hybridized carbons (Fsp3) is 0.500. The van der Waals surface area contributed by atoms with Crippen molar-refractivity contribution >= 4 is 15.9 Å². The molecular formula is C14H17F3N2O3S. The summed E-state index contributed by atoms with van der Waals surface area (Å²) in [6.45, 7) is 1.56. The first-order chi connectivity index (χ1) is 10.6. The number of hydrogen-bond donors (Lipinski definition) is 2. The molecule has 1 aliphatic heterocycles. The van der Waals surface area contributed by atoms with Crippen molar-refractivity contribution in [3.63, 3.8) is 0 Å². The monoisotopic (exact) mass is 350 g/mol. The lowest BCUT2D eigenvalue weighted by atomic mass is 10.1. The van der Waals surface area contributed by atoms with Gasteiger partial charge in [-0.2, -0.15) is 13.2 Å². The molecule has 1 fully saturated rings. The maximum Gasteiger partial charge on any atom is 0.416 e. The molecule has 2 rings (SSSR count). The van der Waals surface area contributed by atoms with Crippen molar-refractivity contribution in [3.8, 4) is 0 Å². The normalized spacial score (nSPS) is 21.7. The van der Waals surface area contributed by atoms with Crippen LogP contribution < -0.4 is 10.6 Å². The molecule has 9 heteroatoms. The molecule has 1 aromatic carbocycles. The third kappa shape index (κ3) is 4.85.